The van der Waals surface area contributed by atoms with Gasteiger partial charge in [-0.2, -0.15) is 0 Å². The van der Waals surface area contributed by atoms with E-state index in [0.29, 0.717) is 12.7 Å². The normalized spacial score (nSPS) is 12.9. The zero-order valence-electron chi connectivity index (χ0n) is 10.6. The van der Waals surface area contributed by atoms with Gasteiger partial charge in [0.25, 0.3) is 0 Å². The summed E-state index contributed by atoms with van der Waals surface area (Å²) in [5.41, 5.74) is 1.16. The topological polar surface area (TPSA) is 34.4 Å². The van der Waals surface area contributed by atoms with Gasteiger partial charge in [0.15, 0.2) is 0 Å². The molecule has 0 aliphatic heterocycles. The van der Waals surface area contributed by atoms with E-state index in [9.17, 15) is 0 Å². The van der Waals surface area contributed by atoms with Crippen LogP contribution in [0.1, 0.15) is 44.9 Å². The quantitative estimate of drug-likeness (QED) is 0.690. The maximum Gasteiger partial charge on any atom is 0.123 e. The predicted molar refractivity (Wildman–Crippen MR) is 65.2 cm³/mol. The summed E-state index contributed by atoms with van der Waals surface area (Å²) in [7, 11) is 0. The SMILES string of the molecule is CCCNCc1occc1COC(C)CC. The molecule has 0 aromatic carbocycles. The molecule has 0 spiro atoms. The first-order chi connectivity index (χ1) is 7.77. The zero-order valence-corrected chi connectivity index (χ0v) is 10.6. The average molecular weight is 225 g/mol. The smallest absolute Gasteiger partial charge is 0.123 e. The van der Waals surface area contributed by atoms with E-state index in [1.807, 2.05) is 6.07 Å². The molecule has 0 amide bonds. The Hall–Kier alpha value is -0.800. The van der Waals surface area contributed by atoms with Gasteiger partial charge in [0.1, 0.15) is 5.76 Å². The number of hydrogen-bond acceptors (Lipinski definition) is 3. The lowest BCUT2D eigenvalue weighted by atomic mass is 10.2. The van der Waals surface area contributed by atoms with Crippen LogP contribution in [0, 0.1) is 0 Å². The van der Waals surface area contributed by atoms with Crippen LogP contribution >= 0.6 is 0 Å². The van der Waals surface area contributed by atoms with E-state index in [0.717, 1.165) is 37.3 Å². The molecule has 1 atom stereocenters. The lowest BCUT2D eigenvalue weighted by molar-refractivity contribution is 0.0500. The van der Waals surface area contributed by atoms with E-state index < -0.39 is 0 Å². The zero-order chi connectivity index (χ0) is 11.8. The largest absolute Gasteiger partial charge is 0.468 e. The van der Waals surface area contributed by atoms with Crippen molar-refractivity contribution in [1.29, 1.82) is 0 Å². The van der Waals surface area contributed by atoms with E-state index in [1.165, 1.54) is 0 Å². The van der Waals surface area contributed by atoms with Crippen LogP contribution in [0.5, 0.6) is 0 Å². The second-order valence-electron chi connectivity index (χ2n) is 4.08. The van der Waals surface area contributed by atoms with Crippen molar-refractivity contribution in [2.24, 2.45) is 0 Å². The van der Waals surface area contributed by atoms with Gasteiger partial charge in [-0.1, -0.05) is 13.8 Å². The van der Waals surface area contributed by atoms with Crippen LogP contribution in [0.15, 0.2) is 16.7 Å². The molecule has 0 aliphatic carbocycles. The van der Waals surface area contributed by atoms with Gasteiger partial charge in [0, 0.05) is 5.56 Å². The summed E-state index contributed by atoms with van der Waals surface area (Å²) in [6.07, 6.45) is 4.23. The third-order valence-corrected chi connectivity index (χ3v) is 2.65. The van der Waals surface area contributed by atoms with Crippen molar-refractivity contribution in [3.05, 3.63) is 23.7 Å². The summed E-state index contributed by atoms with van der Waals surface area (Å²) >= 11 is 0. The summed E-state index contributed by atoms with van der Waals surface area (Å²) in [5, 5.41) is 3.33. The van der Waals surface area contributed by atoms with Crippen LogP contribution < -0.4 is 5.32 Å². The van der Waals surface area contributed by atoms with E-state index in [4.69, 9.17) is 9.15 Å². The molecule has 0 fully saturated rings. The highest BCUT2D eigenvalue weighted by Crippen LogP contribution is 2.13. The number of rotatable bonds is 8. The molecule has 3 heteroatoms. The third-order valence-electron chi connectivity index (χ3n) is 2.65. The Labute approximate surface area is 98.2 Å². The predicted octanol–water partition coefficient (Wildman–Crippen LogP) is 3.09. The fourth-order valence-electron chi connectivity index (χ4n) is 1.38. The third kappa shape index (κ3) is 4.37. The monoisotopic (exact) mass is 225 g/mol. The molecule has 0 aliphatic rings. The molecule has 1 N–H and O–H groups in total. The van der Waals surface area contributed by atoms with Gasteiger partial charge in [-0.05, 0) is 32.4 Å². The van der Waals surface area contributed by atoms with Gasteiger partial charge in [0.05, 0.1) is 25.5 Å². The van der Waals surface area contributed by atoms with Crippen LogP contribution in [0.3, 0.4) is 0 Å². The Balaban J connectivity index is 2.37. The first-order valence-corrected chi connectivity index (χ1v) is 6.15. The molecule has 1 unspecified atom stereocenters. The lowest BCUT2D eigenvalue weighted by Crippen LogP contribution is -2.15. The summed E-state index contributed by atoms with van der Waals surface area (Å²) in [5.74, 6) is 0.997. The molecule has 92 valence electrons. The molecule has 0 radical (unpaired) electrons. The fourth-order valence-corrected chi connectivity index (χ4v) is 1.38. The van der Waals surface area contributed by atoms with Gasteiger partial charge in [0.2, 0.25) is 0 Å². The van der Waals surface area contributed by atoms with Gasteiger partial charge < -0.3 is 14.5 Å². The van der Waals surface area contributed by atoms with Crippen molar-refractivity contribution in [2.45, 2.75) is 52.9 Å². The van der Waals surface area contributed by atoms with Crippen LogP contribution in [0.2, 0.25) is 0 Å². The fraction of sp³-hybridized carbons (Fsp3) is 0.692. The Morgan fingerprint density at radius 2 is 2.25 bits per heavy atom. The Morgan fingerprint density at radius 3 is 2.94 bits per heavy atom. The highest BCUT2D eigenvalue weighted by atomic mass is 16.5. The van der Waals surface area contributed by atoms with E-state index in [1.54, 1.807) is 6.26 Å². The van der Waals surface area contributed by atoms with Crippen LogP contribution in [0.25, 0.3) is 0 Å². The van der Waals surface area contributed by atoms with Gasteiger partial charge >= 0.3 is 0 Å². The summed E-state index contributed by atoms with van der Waals surface area (Å²) in [6, 6.07) is 1.99. The lowest BCUT2D eigenvalue weighted by Gasteiger charge is -2.10. The molecule has 0 saturated heterocycles. The molecular weight excluding hydrogens is 202 g/mol. The summed E-state index contributed by atoms with van der Waals surface area (Å²) in [6.45, 7) is 8.84. The van der Waals surface area contributed by atoms with E-state index >= 15 is 0 Å². The Morgan fingerprint density at radius 1 is 1.44 bits per heavy atom. The maximum atomic E-state index is 5.69. The number of hydrogen-bond donors (Lipinski definition) is 1. The van der Waals surface area contributed by atoms with Crippen molar-refractivity contribution in [2.75, 3.05) is 6.54 Å². The highest BCUT2D eigenvalue weighted by molar-refractivity contribution is 5.15. The van der Waals surface area contributed by atoms with Gasteiger partial charge in [-0.15, -0.1) is 0 Å². The van der Waals surface area contributed by atoms with Crippen molar-refractivity contribution in [1.82, 2.24) is 5.32 Å². The van der Waals surface area contributed by atoms with Crippen molar-refractivity contribution in [3.8, 4) is 0 Å². The number of ether oxygens (including phenoxy) is 1. The molecule has 0 bridgehead atoms. The molecule has 1 aromatic heterocycles. The minimum Gasteiger partial charge on any atom is -0.468 e. The number of furan rings is 1. The molecule has 1 aromatic rings. The molecular formula is C13H23NO2. The average Bonchev–Trinajstić information content (AvgIpc) is 2.74. The minimum absolute atomic E-state index is 0.311. The van der Waals surface area contributed by atoms with Crippen LogP contribution in [0.4, 0.5) is 0 Å². The van der Waals surface area contributed by atoms with E-state index in [2.05, 4.69) is 26.1 Å². The standard InChI is InChI=1S/C13H23NO2/c1-4-7-14-9-13-12(6-8-15-13)10-16-11(3)5-2/h6,8,11,14H,4-5,7,9-10H2,1-3H3. The Bertz CT molecular complexity index is 283. The summed E-state index contributed by atoms with van der Waals surface area (Å²) in [4.78, 5) is 0. The van der Waals surface area contributed by atoms with Crippen LogP contribution in [-0.4, -0.2) is 12.6 Å². The molecule has 0 saturated carbocycles. The second-order valence-corrected chi connectivity index (χ2v) is 4.08. The molecule has 1 rings (SSSR count). The van der Waals surface area contributed by atoms with Gasteiger partial charge in [-0.25, -0.2) is 0 Å². The number of nitrogens with one attached hydrogen (secondary N) is 1. The molecule has 3 nitrogen and oxygen atoms in total. The molecule has 16 heavy (non-hydrogen) atoms. The van der Waals surface area contributed by atoms with Crippen molar-refractivity contribution >= 4 is 0 Å². The van der Waals surface area contributed by atoms with Crippen molar-refractivity contribution < 1.29 is 9.15 Å². The van der Waals surface area contributed by atoms with E-state index in [-0.39, 0.29) is 0 Å². The maximum absolute atomic E-state index is 5.69. The summed E-state index contributed by atoms with van der Waals surface area (Å²) < 4.78 is 11.1. The first-order valence-electron chi connectivity index (χ1n) is 6.15. The minimum atomic E-state index is 0.311. The van der Waals surface area contributed by atoms with Gasteiger partial charge in [-0.3, -0.25) is 0 Å². The molecule has 1 heterocycles. The van der Waals surface area contributed by atoms with Crippen molar-refractivity contribution in [3.63, 3.8) is 0 Å². The van der Waals surface area contributed by atoms with Crippen LogP contribution in [-0.2, 0) is 17.9 Å². The first kappa shape index (κ1) is 13.3. The highest BCUT2D eigenvalue weighted by Gasteiger charge is 2.07. The Kier molecular flexibility index (Phi) is 6.19. The second kappa shape index (κ2) is 7.47.